The number of hydrogen-bond acceptors (Lipinski definition) is 3. The average Bonchev–Trinajstić information content (AvgIpc) is 2.28. The number of anilines is 1. The fourth-order valence-corrected chi connectivity index (χ4v) is 2.02. The predicted octanol–water partition coefficient (Wildman–Crippen LogP) is 2.03. The third kappa shape index (κ3) is 3.71. The molecule has 0 saturated heterocycles. The Kier molecular flexibility index (Phi) is 5.16. The van der Waals surface area contributed by atoms with Crippen LogP contribution >= 0.6 is 15.9 Å². The third-order valence-electron chi connectivity index (χ3n) is 2.72. The molecule has 0 saturated carbocycles. The molecule has 4 nitrogen and oxygen atoms in total. The molecule has 0 radical (unpaired) electrons. The Morgan fingerprint density at radius 1 is 1.39 bits per heavy atom. The van der Waals surface area contributed by atoms with Gasteiger partial charge in [0.2, 0.25) is 5.91 Å². The van der Waals surface area contributed by atoms with Gasteiger partial charge in [0.05, 0.1) is 12.6 Å². The number of aliphatic hydroxyl groups excluding tert-OH is 1. The van der Waals surface area contributed by atoms with Crippen molar-refractivity contribution in [2.75, 3.05) is 32.6 Å². The van der Waals surface area contributed by atoms with Gasteiger partial charge in [-0.25, -0.2) is 0 Å². The Bertz CT molecular complexity index is 433. The number of amides is 1. The van der Waals surface area contributed by atoms with Crippen LogP contribution in [0, 0.1) is 0 Å². The number of aliphatic hydroxyl groups is 1. The topological polar surface area (TPSA) is 43.8 Å². The molecule has 0 heterocycles. The van der Waals surface area contributed by atoms with Crippen LogP contribution in [0.4, 0.5) is 5.69 Å². The van der Waals surface area contributed by atoms with Gasteiger partial charge in [0, 0.05) is 36.9 Å². The summed E-state index contributed by atoms with van der Waals surface area (Å²) in [5, 5.41) is 9.78. The van der Waals surface area contributed by atoms with Crippen LogP contribution in [0.25, 0.3) is 0 Å². The van der Waals surface area contributed by atoms with Crippen LogP contribution < -0.4 is 4.90 Å². The first-order valence-electron chi connectivity index (χ1n) is 5.71. The summed E-state index contributed by atoms with van der Waals surface area (Å²) in [6.07, 6.45) is -0.575. The van der Waals surface area contributed by atoms with Crippen LogP contribution in [0.2, 0.25) is 0 Å². The van der Waals surface area contributed by atoms with Crippen molar-refractivity contribution >= 4 is 27.5 Å². The molecule has 0 fully saturated rings. The first-order valence-corrected chi connectivity index (χ1v) is 6.51. The zero-order valence-corrected chi connectivity index (χ0v) is 12.7. The highest BCUT2D eigenvalue weighted by Gasteiger charge is 2.15. The Morgan fingerprint density at radius 3 is 2.50 bits per heavy atom. The molecular weight excluding hydrogens is 296 g/mol. The fraction of sp³-hybridized carbons (Fsp3) is 0.462. The van der Waals surface area contributed by atoms with E-state index in [9.17, 15) is 9.90 Å². The maximum atomic E-state index is 11.7. The summed E-state index contributed by atoms with van der Waals surface area (Å²) in [7, 11) is 5.30. The third-order valence-corrected chi connectivity index (χ3v) is 3.22. The molecule has 0 spiro atoms. The summed E-state index contributed by atoms with van der Waals surface area (Å²) in [5.41, 5.74) is 1.67. The van der Waals surface area contributed by atoms with E-state index in [4.69, 9.17) is 0 Å². The molecule has 1 atom stereocenters. The fourth-order valence-electron chi connectivity index (χ4n) is 1.64. The molecule has 1 N–H and O–H groups in total. The Balaban J connectivity index is 2.98. The molecular formula is C13H19BrN2O2. The van der Waals surface area contributed by atoms with Crippen LogP contribution in [0.15, 0.2) is 22.7 Å². The van der Waals surface area contributed by atoms with Crippen molar-refractivity contribution < 1.29 is 9.90 Å². The van der Waals surface area contributed by atoms with E-state index >= 15 is 0 Å². The van der Waals surface area contributed by atoms with Crippen LogP contribution in [-0.4, -0.2) is 43.6 Å². The number of nitrogens with zero attached hydrogens (tertiary/aromatic N) is 2. The molecule has 1 unspecified atom stereocenters. The van der Waals surface area contributed by atoms with Crippen molar-refractivity contribution in [1.29, 1.82) is 0 Å². The Labute approximate surface area is 116 Å². The second-order valence-electron chi connectivity index (χ2n) is 4.52. The number of likely N-dealkylation sites (N-methyl/N-ethyl adjacent to an activating group) is 2. The SMILES string of the molecule is CC(O)c1cc(Br)ccc1N(C)CC(=O)N(C)C. The van der Waals surface area contributed by atoms with Crippen molar-refractivity contribution in [2.45, 2.75) is 13.0 Å². The summed E-state index contributed by atoms with van der Waals surface area (Å²) in [6, 6.07) is 5.67. The van der Waals surface area contributed by atoms with E-state index in [1.54, 1.807) is 25.9 Å². The molecule has 0 bridgehead atoms. The van der Waals surface area contributed by atoms with Gasteiger partial charge in [0.25, 0.3) is 0 Å². The van der Waals surface area contributed by atoms with Gasteiger partial charge in [-0.3, -0.25) is 4.79 Å². The monoisotopic (exact) mass is 314 g/mol. The molecule has 1 amide bonds. The zero-order valence-electron chi connectivity index (χ0n) is 11.1. The van der Waals surface area contributed by atoms with Gasteiger partial charge < -0.3 is 14.9 Å². The number of carbonyl (C=O) groups excluding carboxylic acids is 1. The lowest BCUT2D eigenvalue weighted by Crippen LogP contribution is -2.34. The summed E-state index contributed by atoms with van der Waals surface area (Å²) in [6.45, 7) is 2.00. The molecule has 0 aliphatic rings. The van der Waals surface area contributed by atoms with Crippen LogP contribution in [0.1, 0.15) is 18.6 Å². The molecule has 0 aliphatic heterocycles. The number of hydrogen-bond donors (Lipinski definition) is 1. The summed E-state index contributed by atoms with van der Waals surface area (Å²) >= 11 is 3.38. The highest BCUT2D eigenvalue weighted by Crippen LogP contribution is 2.28. The number of benzene rings is 1. The van der Waals surface area contributed by atoms with Gasteiger partial charge in [0.1, 0.15) is 0 Å². The van der Waals surface area contributed by atoms with E-state index < -0.39 is 6.10 Å². The molecule has 1 aromatic rings. The first-order chi connectivity index (χ1) is 8.32. The molecule has 1 rings (SSSR count). The first kappa shape index (κ1) is 15.0. The molecule has 0 aromatic heterocycles. The molecule has 0 aliphatic carbocycles. The minimum atomic E-state index is -0.575. The zero-order chi connectivity index (χ0) is 13.9. The maximum Gasteiger partial charge on any atom is 0.241 e. The lowest BCUT2D eigenvalue weighted by atomic mass is 10.1. The van der Waals surface area contributed by atoms with Crippen molar-refractivity contribution in [2.24, 2.45) is 0 Å². The highest BCUT2D eigenvalue weighted by atomic mass is 79.9. The minimum Gasteiger partial charge on any atom is -0.389 e. The quantitative estimate of drug-likeness (QED) is 0.924. The maximum absolute atomic E-state index is 11.7. The van der Waals surface area contributed by atoms with E-state index in [1.807, 2.05) is 30.1 Å². The van der Waals surface area contributed by atoms with Gasteiger partial charge in [0.15, 0.2) is 0 Å². The van der Waals surface area contributed by atoms with Crippen LogP contribution in [-0.2, 0) is 4.79 Å². The largest absolute Gasteiger partial charge is 0.389 e. The van der Waals surface area contributed by atoms with E-state index in [2.05, 4.69) is 15.9 Å². The minimum absolute atomic E-state index is 0.0250. The molecule has 18 heavy (non-hydrogen) atoms. The van der Waals surface area contributed by atoms with Gasteiger partial charge >= 0.3 is 0 Å². The average molecular weight is 315 g/mol. The number of halogens is 1. The molecule has 5 heteroatoms. The van der Waals surface area contributed by atoms with Crippen molar-refractivity contribution in [3.8, 4) is 0 Å². The lowest BCUT2D eigenvalue weighted by molar-refractivity contribution is -0.127. The van der Waals surface area contributed by atoms with Crippen LogP contribution in [0.5, 0.6) is 0 Å². The normalized spacial score (nSPS) is 12.1. The summed E-state index contributed by atoms with van der Waals surface area (Å²) < 4.78 is 0.912. The van der Waals surface area contributed by atoms with Gasteiger partial charge in [-0.15, -0.1) is 0 Å². The predicted molar refractivity (Wildman–Crippen MR) is 76.7 cm³/mol. The smallest absolute Gasteiger partial charge is 0.241 e. The van der Waals surface area contributed by atoms with E-state index in [1.165, 1.54) is 0 Å². The Morgan fingerprint density at radius 2 is 2.00 bits per heavy atom. The van der Waals surface area contributed by atoms with Gasteiger partial charge in [-0.2, -0.15) is 0 Å². The molecule has 1 aromatic carbocycles. The van der Waals surface area contributed by atoms with Gasteiger partial charge in [-0.1, -0.05) is 15.9 Å². The van der Waals surface area contributed by atoms with Crippen molar-refractivity contribution in [1.82, 2.24) is 4.90 Å². The number of carbonyl (C=O) groups is 1. The van der Waals surface area contributed by atoms with Gasteiger partial charge in [-0.05, 0) is 25.1 Å². The van der Waals surface area contributed by atoms with E-state index in [0.29, 0.717) is 0 Å². The second-order valence-corrected chi connectivity index (χ2v) is 5.44. The van der Waals surface area contributed by atoms with Crippen LogP contribution in [0.3, 0.4) is 0 Å². The highest BCUT2D eigenvalue weighted by molar-refractivity contribution is 9.10. The standard InChI is InChI=1S/C13H19BrN2O2/c1-9(17)11-7-10(14)5-6-12(11)16(4)8-13(18)15(2)3/h5-7,9,17H,8H2,1-4H3. The molecule has 100 valence electrons. The van der Waals surface area contributed by atoms with Crippen molar-refractivity contribution in [3.63, 3.8) is 0 Å². The van der Waals surface area contributed by atoms with Crippen molar-refractivity contribution in [3.05, 3.63) is 28.2 Å². The summed E-state index contributed by atoms with van der Waals surface area (Å²) in [5.74, 6) is 0.0250. The lowest BCUT2D eigenvalue weighted by Gasteiger charge is -2.24. The van der Waals surface area contributed by atoms with E-state index in [0.717, 1.165) is 15.7 Å². The number of rotatable bonds is 4. The Hall–Kier alpha value is -1.07. The van der Waals surface area contributed by atoms with E-state index in [-0.39, 0.29) is 12.5 Å². The summed E-state index contributed by atoms with van der Waals surface area (Å²) in [4.78, 5) is 15.1. The second kappa shape index (κ2) is 6.20.